The minimum absolute atomic E-state index is 0.0629. The van der Waals surface area contributed by atoms with Crippen molar-refractivity contribution in [3.8, 4) is 5.69 Å². The molecule has 0 spiro atoms. The van der Waals surface area contributed by atoms with E-state index in [2.05, 4.69) is 30.3 Å². The minimum atomic E-state index is -0.0629. The molecular weight excluding hydrogens is 224 g/mol. The van der Waals surface area contributed by atoms with Gasteiger partial charge < -0.3 is 8.98 Å². The van der Waals surface area contributed by atoms with E-state index in [-0.39, 0.29) is 5.41 Å². The van der Waals surface area contributed by atoms with Crippen LogP contribution in [0.15, 0.2) is 47.1 Å². The molecule has 0 saturated carbocycles. The maximum atomic E-state index is 5.78. The molecule has 0 aliphatic heterocycles. The Bertz CT molecular complexity index is 672. The van der Waals surface area contributed by atoms with Crippen LogP contribution in [0, 0.1) is 0 Å². The summed E-state index contributed by atoms with van der Waals surface area (Å²) in [6.07, 6.45) is 4.04. The first-order chi connectivity index (χ1) is 8.54. The molecule has 18 heavy (non-hydrogen) atoms. The fraction of sp³-hybridized carbons (Fsp3) is 0.267. The van der Waals surface area contributed by atoms with Crippen LogP contribution in [0.5, 0.6) is 0 Å². The van der Waals surface area contributed by atoms with E-state index in [0.29, 0.717) is 0 Å². The van der Waals surface area contributed by atoms with Gasteiger partial charge in [-0.3, -0.25) is 0 Å². The topological polar surface area (TPSA) is 31.0 Å². The summed E-state index contributed by atoms with van der Waals surface area (Å²) in [7, 11) is 0. The molecule has 0 unspecified atom stereocenters. The number of hydrogen-bond donors (Lipinski definition) is 0. The van der Waals surface area contributed by atoms with Gasteiger partial charge in [-0.1, -0.05) is 20.8 Å². The Kier molecular flexibility index (Phi) is 2.30. The van der Waals surface area contributed by atoms with Crippen LogP contribution in [0.2, 0.25) is 0 Å². The summed E-state index contributed by atoms with van der Waals surface area (Å²) >= 11 is 0. The standard InChI is InChI=1S/C15H16N2O/c1-15(2,3)14-16-12-10-11(6-7-13(12)18-14)17-8-4-5-9-17/h4-10H,1-3H3. The first-order valence-corrected chi connectivity index (χ1v) is 6.08. The Hall–Kier alpha value is -2.03. The van der Waals surface area contributed by atoms with Gasteiger partial charge >= 0.3 is 0 Å². The van der Waals surface area contributed by atoms with Crippen molar-refractivity contribution in [3.05, 3.63) is 48.6 Å². The van der Waals surface area contributed by atoms with Crippen molar-refractivity contribution in [2.75, 3.05) is 0 Å². The Morgan fingerprint density at radius 2 is 1.83 bits per heavy atom. The third kappa shape index (κ3) is 1.82. The molecule has 3 rings (SSSR count). The van der Waals surface area contributed by atoms with Crippen molar-refractivity contribution in [2.45, 2.75) is 26.2 Å². The second-order valence-corrected chi connectivity index (χ2v) is 5.51. The van der Waals surface area contributed by atoms with Crippen molar-refractivity contribution in [1.29, 1.82) is 0 Å². The highest BCUT2D eigenvalue weighted by molar-refractivity contribution is 5.75. The summed E-state index contributed by atoms with van der Waals surface area (Å²) < 4.78 is 7.84. The van der Waals surface area contributed by atoms with Crippen molar-refractivity contribution < 1.29 is 4.42 Å². The molecule has 0 bridgehead atoms. The fourth-order valence-corrected chi connectivity index (χ4v) is 1.90. The molecule has 1 aromatic carbocycles. The van der Waals surface area contributed by atoms with E-state index >= 15 is 0 Å². The van der Waals surface area contributed by atoms with Crippen LogP contribution in [0.4, 0.5) is 0 Å². The van der Waals surface area contributed by atoms with E-state index in [0.717, 1.165) is 22.7 Å². The van der Waals surface area contributed by atoms with Crippen LogP contribution in [0.3, 0.4) is 0 Å². The molecule has 0 aliphatic carbocycles. The predicted octanol–water partition coefficient (Wildman–Crippen LogP) is 3.92. The zero-order valence-electron chi connectivity index (χ0n) is 10.8. The molecule has 0 atom stereocenters. The average molecular weight is 240 g/mol. The zero-order valence-corrected chi connectivity index (χ0v) is 10.8. The molecule has 0 saturated heterocycles. The second-order valence-electron chi connectivity index (χ2n) is 5.51. The highest BCUT2D eigenvalue weighted by atomic mass is 16.3. The van der Waals surface area contributed by atoms with Gasteiger partial charge in [-0.2, -0.15) is 0 Å². The smallest absolute Gasteiger partial charge is 0.200 e. The van der Waals surface area contributed by atoms with E-state index in [4.69, 9.17) is 4.42 Å². The zero-order chi connectivity index (χ0) is 12.8. The van der Waals surface area contributed by atoms with E-state index in [1.54, 1.807) is 0 Å². The Morgan fingerprint density at radius 1 is 1.11 bits per heavy atom. The maximum absolute atomic E-state index is 5.78. The first kappa shape index (κ1) is 11.1. The lowest BCUT2D eigenvalue weighted by Crippen LogP contribution is -2.10. The normalized spacial score (nSPS) is 12.2. The molecule has 3 nitrogen and oxygen atoms in total. The highest BCUT2D eigenvalue weighted by Gasteiger charge is 2.20. The molecule has 2 heterocycles. The van der Waals surface area contributed by atoms with Gasteiger partial charge in [-0.25, -0.2) is 4.98 Å². The Balaban J connectivity index is 2.13. The number of oxazole rings is 1. The highest BCUT2D eigenvalue weighted by Crippen LogP contribution is 2.26. The van der Waals surface area contributed by atoms with Crippen molar-refractivity contribution >= 4 is 11.1 Å². The Morgan fingerprint density at radius 3 is 2.50 bits per heavy atom. The lowest BCUT2D eigenvalue weighted by Gasteiger charge is -2.11. The molecule has 0 fully saturated rings. The third-order valence-corrected chi connectivity index (χ3v) is 2.92. The average Bonchev–Trinajstić information content (AvgIpc) is 2.96. The monoisotopic (exact) mass is 240 g/mol. The van der Waals surface area contributed by atoms with Gasteiger partial charge in [0.1, 0.15) is 5.52 Å². The molecule has 0 N–H and O–H groups in total. The van der Waals surface area contributed by atoms with E-state index < -0.39 is 0 Å². The number of rotatable bonds is 1. The Labute approximate surface area is 106 Å². The second kappa shape index (κ2) is 3.73. The van der Waals surface area contributed by atoms with E-state index in [1.807, 2.05) is 42.7 Å². The minimum Gasteiger partial charge on any atom is -0.440 e. The van der Waals surface area contributed by atoms with Gasteiger partial charge in [0.05, 0.1) is 0 Å². The third-order valence-electron chi connectivity index (χ3n) is 2.92. The number of aromatic nitrogens is 2. The molecule has 3 heteroatoms. The van der Waals surface area contributed by atoms with Gasteiger partial charge in [0.2, 0.25) is 5.89 Å². The first-order valence-electron chi connectivity index (χ1n) is 6.08. The largest absolute Gasteiger partial charge is 0.440 e. The van der Waals surface area contributed by atoms with Crippen LogP contribution in [-0.4, -0.2) is 9.55 Å². The summed E-state index contributed by atoms with van der Waals surface area (Å²) in [4.78, 5) is 4.57. The summed E-state index contributed by atoms with van der Waals surface area (Å²) in [5, 5.41) is 0. The maximum Gasteiger partial charge on any atom is 0.200 e. The van der Waals surface area contributed by atoms with E-state index in [1.165, 1.54) is 0 Å². The molecule has 0 amide bonds. The number of nitrogens with zero attached hydrogens (tertiary/aromatic N) is 2. The number of benzene rings is 1. The van der Waals surface area contributed by atoms with Crippen molar-refractivity contribution in [3.63, 3.8) is 0 Å². The molecule has 0 radical (unpaired) electrons. The van der Waals surface area contributed by atoms with Crippen molar-refractivity contribution in [2.24, 2.45) is 0 Å². The lowest BCUT2D eigenvalue weighted by atomic mass is 9.97. The number of hydrogen-bond acceptors (Lipinski definition) is 2. The van der Waals surface area contributed by atoms with Gasteiger partial charge in [-0.15, -0.1) is 0 Å². The summed E-state index contributed by atoms with van der Waals surface area (Å²) in [5.41, 5.74) is 2.79. The van der Waals surface area contributed by atoms with Crippen molar-refractivity contribution in [1.82, 2.24) is 9.55 Å². The summed E-state index contributed by atoms with van der Waals surface area (Å²) in [5.74, 6) is 0.780. The van der Waals surface area contributed by atoms with Crippen LogP contribution < -0.4 is 0 Å². The molecule has 2 aromatic heterocycles. The summed E-state index contributed by atoms with van der Waals surface area (Å²) in [6.45, 7) is 6.31. The van der Waals surface area contributed by atoms with Crippen LogP contribution in [-0.2, 0) is 5.41 Å². The van der Waals surface area contributed by atoms with Gasteiger partial charge in [0.25, 0.3) is 0 Å². The van der Waals surface area contributed by atoms with E-state index in [9.17, 15) is 0 Å². The van der Waals surface area contributed by atoms with Crippen LogP contribution in [0.25, 0.3) is 16.8 Å². The molecular formula is C15H16N2O. The van der Waals surface area contributed by atoms with Gasteiger partial charge in [-0.05, 0) is 30.3 Å². The van der Waals surface area contributed by atoms with Gasteiger partial charge in [0, 0.05) is 23.5 Å². The van der Waals surface area contributed by atoms with Crippen LogP contribution >= 0.6 is 0 Å². The number of fused-ring (bicyclic) bond motifs is 1. The molecule has 0 aliphatic rings. The quantitative estimate of drug-likeness (QED) is 0.645. The van der Waals surface area contributed by atoms with Crippen LogP contribution in [0.1, 0.15) is 26.7 Å². The SMILES string of the molecule is CC(C)(C)c1nc2cc(-n3cccc3)ccc2o1. The summed E-state index contributed by atoms with van der Waals surface area (Å²) in [6, 6.07) is 10.1. The van der Waals surface area contributed by atoms with Gasteiger partial charge in [0.15, 0.2) is 5.58 Å². The molecule has 92 valence electrons. The fourth-order valence-electron chi connectivity index (χ4n) is 1.90. The molecule has 3 aromatic rings. The predicted molar refractivity (Wildman–Crippen MR) is 72.0 cm³/mol. The lowest BCUT2D eigenvalue weighted by molar-refractivity contribution is 0.411.